The first kappa shape index (κ1) is 12.2. The fourth-order valence-corrected chi connectivity index (χ4v) is 1.34. The summed E-state index contributed by atoms with van der Waals surface area (Å²) in [7, 11) is 0. The molecular weight excluding hydrogens is 256 g/mol. The molecule has 15 heavy (non-hydrogen) atoms. The summed E-state index contributed by atoms with van der Waals surface area (Å²) in [5, 5.41) is 0. The Morgan fingerprint density at radius 3 is 2.67 bits per heavy atom. The van der Waals surface area contributed by atoms with Crippen LogP contribution in [-0.4, -0.2) is 17.4 Å². The number of alkyl halides is 1. The second-order valence-electron chi connectivity index (χ2n) is 3.37. The van der Waals surface area contributed by atoms with E-state index in [9.17, 15) is 4.79 Å². The zero-order chi connectivity index (χ0) is 11.1. The molecule has 0 aliphatic heterocycles. The maximum atomic E-state index is 11.1. The van der Waals surface area contributed by atoms with E-state index in [2.05, 4.69) is 28.1 Å². The van der Waals surface area contributed by atoms with Crippen LogP contribution in [0.25, 0.3) is 0 Å². The molecule has 0 spiro atoms. The number of esters is 1. The minimum absolute atomic E-state index is 0.192. The Morgan fingerprint density at radius 2 is 2.07 bits per heavy atom. The molecule has 3 heteroatoms. The van der Waals surface area contributed by atoms with Crippen molar-refractivity contribution in [2.45, 2.75) is 24.6 Å². The first-order valence-electron chi connectivity index (χ1n) is 5.05. The number of rotatable bonds is 5. The number of aryl methyl sites for hydroxylation is 1. The molecule has 0 heterocycles. The molecule has 0 aliphatic rings. The molecule has 82 valence electrons. The van der Waals surface area contributed by atoms with Crippen molar-refractivity contribution < 1.29 is 9.53 Å². The number of hydrogen-bond acceptors (Lipinski definition) is 2. The Morgan fingerprint density at radius 1 is 1.40 bits per heavy atom. The van der Waals surface area contributed by atoms with Gasteiger partial charge in [0.1, 0.15) is 4.83 Å². The van der Waals surface area contributed by atoms with Crippen LogP contribution in [0.2, 0.25) is 0 Å². The lowest BCUT2D eigenvalue weighted by atomic mass is 10.1. The maximum Gasteiger partial charge on any atom is 0.319 e. The molecule has 1 aromatic carbocycles. The van der Waals surface area contributed by atoms with Crippen LogP contribution >= 0.6 is 15.9 Å². The van der Waals surface area contributed by atoms with E-state index in [1.165, 1.54) is 5.56 Å². The fraction of sp³-hybridized carbons (Fsp3) is 0.417. The van der Waals surface area contributed by atoms with E-state index < -0.39 is 0 Å². The summed E-state index contributed by atoms with van der Waals surface area (Å²) in [6, 6.07) is 10.2. The Hall–Kier alpha value is -0.830. The first-order valence-corrected chi connectivity index (χ1v) is 5.96. The van der Waals surface area contributed by atoms with E-state index in [1.807, 2.05) is 18.2 Å². The summed E-state index contributed by atoms with van der Waals surface area (Å²) < 4.78 is 5.04. The minimum atomic E-state index is -0.214. The zero-order valence-corrected chi connectivity index (χ0v) is 10.4. The van der Waals surface area contributed by atoms with Crippen LogP contribution < -0.4 is 0 Å². The first-order chi connectivity index (χ1) is 7.20. The van der Waals surface area contributed by atoms with Gasteiger partial charge in [0.2, 0.25) is 0 Å². The lowest BCUT2D eigenvalue weighted by Gasteiger charge is -2.05. The van der Waals surface area contributed by atoms with Crippen molar-refractivity contribution in [3.05, 3.63) is 35.9 Å². The third-order valence-corrected chi connectivity index (χ3v) is 2.40. The van der Waals surface area contributed by atoms with Crippen LogP contribution in [0.3, 0.4) is 0 Å². The predicted molar refractivity (Wildman–Crippen MR) is 64.1 cm³/mol. The average molecular weight is 271 g/mol. The molecule has 0 radical (unpaired) electrons. The van der Waals surface area contributed by atoms with Crippen LogP contribution in [0.4, 0.5) is 0 Å². The third kappa shape index (κ3) is 4.98. The monoisotopic (exact) mass is 270 g/mol. The van der Waals surface area contributed by atoms with E-state index >= 15 is 0 Å². The maximum absolute atomic E-state index is 11.1. The van der Waals surface area contributed by atoms with Crippen molar-refractivity contribution in [1.82, 2.24) is 0 Å². The second-order valence-corrected chi connectivity index (χ2v) is 4.75. The molecule has 0 N–H and O–H groups in total. The largest absolute Gasteiger partial charge is 0.465 e. The highest BCUT2D eigenvalue weighted by atomic mass is 79.9. The zero-order valence-electron chi connectivity index (χ0n) is 8.78. The van der Waals surface area contributed by atoms with E-state index in [1.54, 1.807) is 6.92 Å². The number of carbonyl (C=O) groups is 1. The third-order valence-electron chi connectivity index (χ3n) is 2.02. The summed E-state index contributed by atoms with van der Waals surface area (Å²) in [5.74, 6) is -0.192. The highest BCUT2D eigenvalue weighted by molar-refractivity contribution is 9.10. The summed E-state index contributed by atoms with van der Waals surface area (Å²) in [5.41, 5.74) is 1.28. The van der Waals surface area contributed by atoms with Gasteiger partial charge in [0.05, 0.1) is 6.61 Å². The topological polar surface area (TPSA) is 26.3 Å². The van der Waals surface area contributed by atoms with Gasteiger partial charge < -0.3 is 4.74 Å². The molecule has 0 fully saturated rings. The van der Waals surface area contributed by atoms with Gasteiger partial charge in [-0.3, -0.25) is 4.79 Å². The van der Waals surface area contributed by atoms with Crippen molar-refractivity contribution in [3.8, 4) is 0 Å². The van der Waals surface area contributed by atoms with E-state index in [4.69, 9.17) is 4.74 Å². The van der Waals surface area contributed by atoms with Gasteiger partial charge in [0.15, 0.2) is 0 Å². The van der Waals surface area contributed by atoms with Gasteiger partial charge in [-0.05, 0) is 25.3 Å². The number of halogens is 1. The molecule has 1 rings (SSSR count). The van der Waals surface area contributed by atoms with Crippen LogP contribution in [-0.2, 0) is 16.0 Å². The van der Waals surface area contributed by atoms with E-state index in [-0.39, 0.29) is 10.8 Å². The van der Waals surface area contributed by atoms with Crippen LogP contribution in [0.15, 0.2) is 30.3 Å². The second kappa shape index (κ2) is 6.62. The lowest BCUT2D eigenvalue weighted by molar-refractivity contribution is -0.142. The molecule has 0 bridgehead atoms. The molecule has 0 saturated carbocycles. The molecule has 0 amide bonds. The number of benzene rings is 1. The molecule has 2 nitrogen and oxygen atoms in total. The van der Waals surface area contributed by atoms with Crippen LogP contribution in [0.5, 0.6) is 0 Å². The SMILES string of the molecule is CC(Br)C(=O)OCCCc1ccccc1. The van der Waals surface area contributed by atoms with Crippen LogP contribution in [0, 0.1) is 0 Å². The normalized spacial score (nSPS) is 12.1. The van der Waals surface area contributed by atoms with Crippen molar-refractivity contribution in [2.75, 3.05) is 6.61 Å². The van der Waals surface area contributed by atoms with Gasteiger partial charge >= 0.3 is 5.97 Å². The van der Waals surface area contributed by atoms with E-state index in [0.717, 1.165) is 12.8 Å². The predicted octanol–water partition coefficient (Wildman–Crippen LogP) is 2.95. The summed E-state index contributed by atoms with van der Waals surface area (Å²) in [4.78, 5) is 10.9. The quantitative estimate of drug-likeness (QED) is 0.467. The summed E-state index contributed by atoms with van der Waals surface area (Å²) in [6.45, 7) is 2.25. The lowest BCUT2D eigenvalue weighted by Crippen LogP contribution is -2.14. The molecule has 1 unspecified atom stereocenters. The molecule has 1 aromatic rings. The van der Waals surface area contributed by atoms with Gasteiger partial charge in [-0.2, -0.15) is 0 Å². The highest BCUT2D eigenvalue weighted by Crippen LogP contribution is 2.04. The van der Waals surface area contributed by atoms with Crippen LogP contribution in [0.1, 0.15) is 18.9 Å². The molecule has 1 atom stereocenters. The van der Waals surface area contributed by atoms with Gasteiger partial charge in [0, 0.05) is 0 Å². The van der Waals surface area contributed by atoms with Crippen molar-refractivity contribution in [3.63, 3.8) is 0 Å². The van der Waals surface area contributed by atoms with Crippen molar-refractivity contribution in [1.29, 1.82) is 0 Å². The Balaban J connectivity index is 2.15. The van der Waals surface area contributed by atoms with Crippen molar-refractivity contribution in [2.24, 2.45) is 0 Å². The highest BCUT2D eigenvalue weighted by Gasteiger charge is 2.08. The summed E-state index contributed by atoms with van der Waals surface area (Å²) in [6.07, 6.45) is 1.82. The molecular formula is C12H15BrO2. The van der Waals surface area contributed by atoms with Gasteiger partial charge in [0.25, 0.3) is 0 Å². The fourth-order valence-electron chi connectivity index (χ4n) is 1.21. The Labute approximate surface area is 98.8 Å². The van der Waals surface area contributed by atoms with Gasteiger partial charge in [-0.25, -0.2) is 0 Å². The summed E-state index contributed by atoms with van der Waals surface area (Å²) >= 11 is 3.16. The minimum Gasteiger partial charge on any atom is -0.465 e. The number of hydrogen-bond donors (Lipinski definition) is 0. The Kier molecular flexibility index (Phi) is 5.40. The van der Waals surface area contributed by atoms with Gasteiger partial charge in [-0.1, -0.05) is 46.3 Å². The Bertz CT molecular complexity index is 296. The molecule has 0 aliphatic carbocycles. The van der Waals surface area contributed by atoms with Crippen molar-refractivity contribution >= 4 is 21.9 Å². The molecule has 0 aromatic heterocycles. The number of carbonyl (C=O) groups excluding carboxylic acids is 1. The number of ether oxygens (including phenoxy) is 1. The smallest absolute Gasteiger partial charge is 0.319 e. The van der Waals surface area contributed by atoms with Gasteiger partial charge in [-0.15, -0.1) is 0 Å². The average Bonchev–Trinajstić information content (AvgIpc) is 2.25. The standard InChI is InChI=1S/C12H15BrO2/c1-10(13)12(14)15-9-5-8-11-6-3-2-4-7-11/h2-4,6-7,10H,5,8-9H2,1H3. The van der Waals surface area contributed by atoms with E-state index in [0.29, 0.717) is 6.61 Å². The molecule has 0 saturated heterocycles.